The van der Waals surface area contributed by atoms with E-state index in [-0.39, 0.29) is 18.5 Å². The normalized spacial score (nSPS) is 14.2. The topological polar surface area (TPSA) is 70.5 Å². The summed E-state index contributed by atoms with van der Waals surface area (Å²) in [6.07, 6.45) is 4.96. The molecule has 5 heteroatoms. The highest BCUT2D eigenvalue weighted by molar-refractivity contribution is 6.07. The number of carbonyl (C=O) groups is 2. The van der Waals surface area contributed by atoms with Gasteiger partial charge in [0.05, 0.1) is 5.56 Å². The Hall–Kier alpha value is -2.43. The van der Waals surface area contributed by atoms with Crippen LogP contribution in [0.5, 0.6) is 0 Å². The number of nitrogens with zero attached hydrogens (tertiary/aromatic N) is 2. The Morgan fingerprint density at radius 2 is 2.00 bits per heavy atom. The molecular weight excluding hydrogens is 256 g/mol. The second-order valence-corrected chi connectivity index (χ2v) is 4.97. The van der Waals surface area contributed by atoms with Crippen molar-refractivity contribution in [3.8, 4) is 0 Å². The Morgan fingerprint density at radius 3 is 2.70 bits per heavy atom. The fourth-order valence-corrected chi connectivity index (χ4v) is 2.34. The van der Waals surface area contributed by atoms with Crippen LogP contribution in [0.2, 0.25) is 0 Å². The van der Waals surface area contributed by atoms with Gasteiger partial charge in [-0.25, -0.2) is 0 Å². The molecule has 102 valence electrons. The van der Waals surface area contributed by atoms with Crippen LogP contribution in [-0.2, 0) is 4.79 Å². The first kappa shape index (κ1) is 12.6. The molecule has 1 aliphatic carbocycles. The Kier molecular flexibility index (Phi) is 3.10. The molecule has 0 saturated heterocycles. The number of benzene rings is 1. The van der Waals surface area contributed by atoms with Crippen molar-refractivity contribution in [1.82, 2.24) is 9.88 Å². The second kappa shape index (κ2) is 4.92. The van der Waals surface area contributed by atoms with Crippen LogP contribution in [0.3, 0.4) is 0 Å². The highest BCUT2D eigenvalue weighted by Gasteiger charge is 2.34. The molecule has 1 aromatic carbocycles. The number of fused-ring (bicyclic) bond motifs is 1. The molecule has 0 atom stereocenters. The lowest BCUT2D eigenvalue weighted by Crippen LogP contribution is -2.37. The number of amides is 1. The minimum Gasteiger partial charge on any atom is -0.480 e. The van der Waals surface area contributed by atoms with Gasteiger partial charge in [0.2, 0.25) is 0 Å². The number of rotatable bonds is 4. The molecule has 1 heterocycles. The first-order chi connectivity index (χ1) is 9.66. The Labute approximate surface area is 115 Å². The van der Waals surface area contributed by atoms with Gasteiger partial charge >= 0.3 is 5.97 Å². The van der Waals surface area contributed by atoms with E-state index in [2.05, 4.69) is 4.98 Å². The molecule has 5 nitrogen and oxygen atoms in total. The summed E-state index contributed by atoms with van der Waals surface area (Å²) in [6.45, 7) is -0.257. The van der Waals surface area contributed by atoms with Crippen LogP contribution in [0.25, 0.3) is 10.8 Å². The third kappa shape index (κ3) is 2.34. The maximum atomic E-state index is 12.6. The summed E-state index contributed by atoms with van der Waals surface area (Å²) in [5.41, 5.74) is 0.469. The maximum Gasteiger partial charge on any atom is 0.323 e. The molecule has 1 amide bonds. The summed E-state index contributed by atoms with van der Waals surface area (Å²) in [5.74, 6) is -1.24. The molecule has 20 heavy (non-hydrogen) atoms. The molecule has 1 saturated carbocycles. The minimum atomic E-state index is -0.988. The van der Waals surface area contributed by atoms with E-state index < -0.39 is 5.97 Å². The van der Waals surface area contributed by atoms with Gasteiger partial charge in [0.1, 0.15) is 6.54 Å². The fraction of sp³-hybridized carbons (Fsp3) is 0.267. The van der Waals surface area contributed by atoms with Crippen molar-refractivity contribution in [3.63, 3.8) is 0 Å². The minimum absolute atomic E-state index is 0.0533. The van der Waals surface area contributed by atoms with Crippen LogP contribution in [0.1, 0.15) is 23.2 Å². The molecule has 1 fully saturated rings. The SMILES string of the molecule is O=C(O)CN(C(=O)c1cncc2ccccc12)C1CC1. The third-order valence-corrected chi connectivity index (χ3v) is 3.45. The smallest absolute Gasteiger partial charge is 0.323 e. The molecule has 0 radical (unpaired) electrons. The molecule has 1 aliphatic rings. The van der Waals surface area contributed by atoms with Crippen LogP contribution in [-0.4, -0.2) is 39.5 Å². The van der Waals surface area contributed by atoms with Crippen LogP contribution in [0.15, 0.2) is 36.7 Å². The molecule has 0 aliphatic heterocycles. The second-order valence-electron chi connectivity index (χ2n) is 4.97. The van der Waals surface area contributed by atoms with E-state index in [1.54, 1.807) is 6.20 Å². The molecule has 1 N–H and O–H groups in total. The number of pyridine rings is 1. The number of carbonyl (C=O) groups excluding carboxylic acids is 1. The fourth-order valence-electron chi connectivity index (χ4n) is 2.34. The zero-order valence-electron chi connectivity index (χ0n) is 10.8. The van der Waals surface area contributed by atoms with Crippen molar-refractivity contribution >= 4 is 22.6 Å². The van der Waals surface area contributed by atoms with Gasteiger partial charge in [0.15, 0.2) is 0 Å². The monoisotopic (exact) mass is 270 g/mol. The lowest BCUT2D eigenvalue weighted by Gasteiger charge is -2.20. The van der Waals surface area contributed by atoms with E-state index in [4.69, 9.17) is 5.11 Å². The lowest BCUT2D eigenvalue weighted by molar-refractivity contribution is -0.137. The van der Waals surface area contributed by atoms with E-state index in [0.29, 0.717) is 5.56 Å². The number of hydrogen-bond donors (Lipinski definition) is 1. The van der Waals surface area contributed by atoms with E-state index in [1.165, 1.54) is 11.1 Å². The Morgan fingerprint density at radius 1 is 1.25 bits per heavy atom. The molecule has 0 spiro atoms. The summed E-state index contributed by atoms with van der Waals surface area (Å²) < 4.78 is 0. The van der Waals surface area contributed by atoms with Crippen molar-refractivity contribution in [3.05, 3.63) is 42.2 Å². The van der Waals surface area contributed by atoms with Gasteiger partial charge in [0, 0.05) is 23.8 Å². The van der Waals surface area contributed by atoms with Crippen LogP contribution in [0.4, 0.5) is 0 Å². The summed E-state index contributed by atoms with van der Waals surface area (Å²) in [4.78, 5) is 29.0. The first-order valence-electron chi connectivity index (χ1n) is 6.52. The zero-order chi connectivity index (χ0) is 14.1. The predicted molar refractivity (Wildman–Crippen MR) is 73.4 cm³/mol. The van der Waals surface area contributed by atoms with Gasteiger partial charge in [-0.05, 0) is 18.2 Å². The Balaban J connectivity index is 2.00. The van der Waals surface area contributed by atoms with Gasteiger partial charge in [-0.15, -0.1) is 0 Å². The summed E-state index contributed by atoms with van der Waals surface area (Å²) in [6, 6.07) is 7.54. The van der Waals surface area contributed by atoms with Crippen LogP contribution < -0.4 is 0 Å². The van der Waals surface area contributed by atoms with Crippen molar-refractivity contribution in [2.24, 2.45) is 0 Å². The summed E-state index contributed by atoms with van der Waals surface area (Å²) in [7, 11) is 0. The summed E-state index contributed by atoms with van der Waals surface area (Å²) in [5, 5.41) is 10.6. The van der Waals surface area contributed by atoms with Crippen LogP contribution in [0, 0.1) is 0 Å². The largest absolute Gasteiger partial charge is 0.480 e. The lowest BCUT2D eigenvalue weighted by atomic mass is 10.1. The number of hydrogen-bond acceptors (Lipinski definition) is 3. The molecule has 1 aromatic heterocycles. The summed E-state index contributed by atoms with van der Waals surface area (Å²) >= 11 is 0. The third-order valence-electron chi connectivity index (χ3n) is 3.45. The molecule has 3 rings (SSSR count). The average molecular weight is 270 g/mol. The van der Waals surface area contributed by atoms with Gasteiger partial charge < -0.3 is 10.0 Å². The zero-order valence-corrected chi connectivity index (χ0v) is 10.8. The molecular formula is C15H14N2O3. The quantitative estimate of drug-likeness (QED) is 0.921. The van der Waals surface area contributed by atoms with E-state index >= 15 is 0 Å². The van der Waals surface area contributed by atoms with Crippen molar-refractivity contribution in [2.45, 2.75) is 18.9 Å². The van der Waals surface area contributed by atoms with Gasteiger partial charge in [-0.2, -0.15) is 0 Å². The van der Waals surface area contributed by atoms with E-state index in [0.717, 1.165) is 23.6 Å². The van der Waals surface area contributed by atoms with Gasteiger partial charge in [-0.1, -0.05) is 24.3 Å². The number of carboxylic acid groups (broad SMARTS) is 1. The number of carboxylic acids is 1. The van der Waals surface area contributed by atoms with E-state index in [9.17, 15) is 9.59 Å². The Bertz CT molecular complexity index is 674. The van der Waals surface area contributed by atoms with Crippen molar-refractivity contribution in [1.29, 1.82) is 0 Å². The number of aliphatic carboxylic acids is 1. The van der Waals surface area contributed by atoms with Crippen molar-refractivity contribution < 1.29 is 14.7 Å². The highest BCUT2D eigenvalue weighted by atomic mass is 16.4. The molecule has 0 bridgehead atoms. The van der Waals surface area contributed by atoms with E-state index in [1.807, 2.05) is 24.3 Å². The highest BCUT2D eigenvalue weighted by Crippen LogP contribution is 2.29. The van der Waals surface area contributed by atoms with Crippen molar-refractivity contribution in [2.75, 3.05) is 6.54 Å². The predicted octanol–water partition coefficient (Wildman–Crippen LogP) is 1.92. The number of aromatic nitrogens is 1. The maximum absolute atomic E-state index is 12.6. The average Bonchev–Trinajstić information content (AvgIpc) is 3.28. The standard InChI is InChI=1S/C15H14N2O3/c18-14(19)9-17(11-5-6-11)15(20)13-8-16-7-10-3-1-2-4-12(10)13/h1-4,7-8,11H,5-6,9H2,(H,18,19). The van der Waals surface area contributed by atoms with Gasteiger partial charge in [0.25, 0.3) is 5.91 Å². The first-order valence-corrected chi connectivity index (χ1v) is 6.52. The molecule has 2 aromatic rings. The van der Waals surface area contributed by atoms with Crippen LogP contribution >= 0.6 is 0 Å². The van der Waals surface area contributed by atoms with Gasteiger partial charge in [-0.3, -0.25) is 14.6 Å². The molecule has 0 unspecified atom stereocenters.